The van der Waals surface area contributed by atoms with Gasteiger partial charge in [-0.2, -0.15) is 0 Å². The van der Waals surface area contributed by atoms with Crippen molar-refractivity contribution in [2.75, 3.05) is 0 Å². The van der Waals surface area contributed by atoms with Gasteiger partial charge >= 0.3 is 0 Å². The van der Waals surface area contributed by atoms with Crippen molar-refractivity contribution in [3.05, 3.63) is 534 Å². The van der Waals surface area contributed by atoms with Gasteiger partial charge in [0.15, 0.2) is 0 Å². The van der Waals surface area contributed by atoms with E-state index in [2.05, 4.69) is 534 Å². The van der Waals surface area contributed by atoms with Gasteiger partial charge in [0.05, 0.1) is 0 Å². The highest BCUT2D eigenvalue weighted by atomic mass is 32.1. The lowest BCUT2D eigenvalue weighted by atomic mass is 9.84. The number of hydrogen-bond acceptors (Lipinski definition) is 3. The van der Waals surface area contributed by atoms with E-state index in [9.17, 15) is 0 Å². The normalized spacial score (nSPS) is 11.7. The molecule has 0 saturated heterocycles. The molecule has 0 unspecified atom stereocenters. The first-order chi connectivity index (χ1) is 72.0. The van der Waals surface area contributed by atoms with Crippen LogP contribution in [0.1, 0.15) is 0 Å². The minimum Gasteiger partial charge on any atom is -0.135 e. The van der Waals surface area contributed by atoms with Crippen LogP contribution in [0.2, 0.25) is 0 Å². The van der Waals surface area contributed by atoms with E-state index in [1.165, 1.54) is 291 Å². The fourth-order valence-electron chi connectivity index (χ4n) is 23.6. The minimum atomic E-state index is 1.22. The zero-order valence-electron chi connectivity index (χ0n) is 79.0. The van der Waals surface area contributed by atoms with Gasteiger partial charge in [-0.25, -0.2) is 0 Å². The summed E-state index contributed by atoms with van der Waals surface area (Å²) in [6, 6.07) is 197. The van der Waals surface area contributed by atoms with Crippen LogP contribution in [0.15, 0.2) is 534 Å². The Labute approximate surface area is 851 Å². The highest BCUT2D eigenvalue weighted by Crippen LogP contribution is 2.54. The SMILES string of the molecule is c1ccc(-c2c(-c3ccc(-c4c5ccccc5c(-c5cccc6ccccc56)c5ccccc45)cc3)ccc3sc4ccccc4c23)cc1.c1ccc2c(-c3c4ccccc4c(-c4ccc(-c5ccc6sc7ccccc7c6c5)cc4)c4ccccc34)cccc2c1.c1ccc2c(-c3c4ccccc4c(-c4ccc(-c5ccc6sc7ccccc7c6c5-c5cccc6ccccc56)cc4)c4ccccc34)cccc2c1. The summed E-state index contributed by atoms with van der Waals surface area (Å²) < 4.78 is 7.97. The second-order valence-corrected chi connectivity index (χ2v) is 41.2. The van der Waals surface area contributed by atoms with Crippen molar-refractivity contribution in [3.8, 4) is 122 Å². The van der Waals surface area contributed by atoms with E-state index in [1.807, 2.05) is 34.0 Å². The van der Waals surface area contributed by atoms with E-state index in [4.69, 9.17) is 0 Å². The van der Waals surface area contributed by atoms with E-state index < -0.39 is 0 Å². The van der Waals surface area contributed by atoms with Gasteiger partial charge in [0.25, 0.3) is 0 Å². The summed E-state index contributed by atoms with van der Waals surface area (Å²) in [4.78, 5) is 0. The fraction of sp³-hybridized carbons (Fsp3) is 0. The molecule has 30 aromatic rings. The lowest BCUT2D eigenvalue weighted by Crippen LogP contribution is -1.92. The van der Waals surface area contributed by atoms with E-state index in [0.717, 1.165) is 0 Å². The molecule has 3 aromatic heterocycles. The quantitative estimate of drug-likeness (QED) is 0.113. The highest BCUT2D eigenvalue weighted by Gasteiger charge is 2.27. The zero-order valence-corrected chi connectivity index (χ0v) is 81.5. The molecule has 0 spiro atoms. The molecule has 0 nitrogen and oxygen atoms in total. The molecule has 145 heavy (non-hydrogen) atoms. The Balaban J connectivity index is 0.000000106. The second-order valence-electron chi connectivity index (χ2n) is 38.0. The molecule has 0 bridgehead atoms. The Morgan fingerprint density at radius 2 is 0.317 bits per heavy atom. The predicted molar refractivity (Wildman–Crippen MR) is 633 cm³/mol. The van der Waals surface area contributed by atoms with Crippen LogP contribution in [-0.4, -0.2) is 0 Å². The van der Waals surface area contributed by atoms with Crippen LogP contribution in [0.3, 0.4) is 0 Å². The molecule has 0 aliphatic rings. The number of hydrogen-bond donors (Lipinski definition) is 0. The summed E-state index contributed by atoms with van der Waals surface area (Å²) in [6.07, 6.45) is 0. The van der Waals surface area contributed by atoms with Crippen LogP contribution in [0.25, 0.3) is 291 Å². The highest BCUT2D eigenvalue weighted by molar-refractivity contribution is 7.26. The molecule has 674 valence electrons. The van der Waals surface area contributed by atoms with Crippen molar-refractivity contribution in [1.29, 1.82) is 0 Å². The zero-order chi connectivity index (χ0) is 95.5. The number of benzene rings is 27. The van der Waals surface area contributed by atoms with Crippen LogP contribution in [0.4, 0.5) is 0 Å². The standard InChI is InChI=1S/C52H32S.C48H30S.C42H26S/c1-3-17-37-33(13-1)15-11-24-40(37)50-44-21-7-5-19-42(44)49(43-20-6-8-22-45(43)50)36-29-27-35(28-30-36)39-31-32-48-52(46-23-9-10-26-47(46)53-48)51(39)41-25-12-16-34-14-2-4-18-38(34)41;1-2-14-33(15-3-1)46-36(29-30-44-48(46)42-22-10-11-24-43(42)49-44)32-25-27-34(28-26-32)45-38-18-6-8-20-40(38)47(41-21-9-7-19-39(41)45)37-23-12-16-31-13-4-5-17-35(31)37;1-2-12-31-28(10-1)11-9-18-33(31)42-36-16-5-3-14-34(36)41(35-15-4-6-17-37(35)42)29-22-20-27(21-23-29)30-24-25-40-38(26-30)32-13-7-8-19-39(32)43-40/h1-32H;1-30H;1-26H. The first kappa shape index (κ1) is 85.2. The van der Waals surface area contributed by atoms with Gasteiger partial charge in [-0.15, -0.1) is 34.0 Å². The van der Waals surface area contributed by atoms with Crippen molar-refractivity contribution in [3.63, 3.8) is 0 Å². The monoisotopic (exact) mass is 1890 g/mol. The van der Waals surface area contributed by atoms with Crippen molar-refractivity contribution in [2.24, 2.45) is 0 Å². The van der Waals surface area contributed by atoms with Crippen LogP contribution in [0, 0.1) is 0 Å². The van der Waals surface area contributed by atoms with Crippen LogP contribution < -0.4 is 0 Å². The van der Waals surface area contributed by atoms with Gasteiger partial charge in [0, 0.05) is 60.5 Å². The maximum absolute atomic E-state index is 2.35. The van der Waals surface area contributed by atoms with Crippen LogP contribution in [0.5, 0.6) is 0 Å². The maximum atomic E-state index is 2.35. The third-order valence-corrected chi connectivity index (χ3v) is 33.5. The first-order valence-corrected chi connectivity index (χ1v) is 52.3. The molecule has 3 heteroatoms. The molecule has 0 fully saturated rings. The number of fused-ring (bicyclic) bond motifs is 19. The molecular weight excluding hydrogens is 1800 g/mol. The Kier molecular flexibility index (Phi) is 21.0. The Hall–Kier alpha value is -17.8. The average Bonchev–Trinajstić information content (AvgIpc) is 1.45. The van der Waals surface area contributed by atoms with Gasteiger partial charge in [0.2, 0.25) is 0 Å². The smallest absolute Gasteiger partial charge is 0.0362 e. The maximum Gasteiger partial charge on any atom is 0.0362 e. The summed E-state index contributed by atoms with van der Waals surface area (Å²) in [5, 5.41) is 33.5. The average molecular weight is 1890 g/mol. The lowest BCUT2D eigenvalue weighted by molar-refractivity contribution is 1.61. The molecule has 3 heterocycles. The van der Waals surface area contributed by atoms with E-state index in [0.29, 0.717) is 0 Å². The number of rotatable bonds is 11. The topological polar surface area (TPSA) is 0 Å². The molecule has 27 aromatic carbocycles. The van der Waals surface area contributed by atoms with Crippen LogP contribution >= 0.6 is 34.0 Å². The van der Waals surface area contributed by atoms with Crippen LogP contribution in [-0.2, 0) is 0 Å². The third-order valence-electron chi connectivity index (χ3n) is 30.0. The minimum absolute atomic E-state index is 1.22. The Morgan fingerprint density at radius 3 is 0.669 bits per heavy atom. The van der Waals surface area contributed by atoms with E-state index in [-0.39, 0.29) is 0 Å². The predicted octanol–water partition coefficient (Wildman–Crippen LogP) is 42.0. The Bertz CT molecular complexity index is 10300. The molecule has 30 rings (SSSR count). The molecule has 0 atom stereocenters. The molecular formula is C142H88S3. The summed E-state index contributed by atoms with van der Waals surface area (Å²) in [7, 11) is 0. The van der Waals surface area contributed by atoms with Crippen molar-refractivity contribution < 1.29 is 0 Å². The van der Waals surface area contributed by atoms with E-state index in [1.54, 1.807) is 0 Å². The first-order valence-electron chi connectivity index (χ1n) is 49.9. The molecule has 0 saturated carbocycles. The van der Waals surface area contributed by atoms with Gasteiger partial charge in [-0.3, -0.25) is 0 Å². The molecule has 0 aliphatic heterocycles. The molecule has 0 radical (unpaired) electrons. The molecule has 0 aliphatic carbocycles. The summed E-state index contributed by atoms with van der Waals surface area (Å²) >= 11 is 5.63. The number of thiophene rings is 3. The molecule has 0 N–H and O–H groups in total. The van der Waals surface area contributed by atoms with Gasteiger partial charge in [-0.05, 0) is 273 Å². The lowest BCUT2D eigenvalue weighted by Gasteiger charge is -2.19. The summed E-state index contributed by atoms with van der Waals surface area (Å²) in [6.45, 7) is 0. The van der Waals surface area contributed by atoms with Crippen molar-refractivity contribution >= 4 is 202 Å². The largest absolute Gasteiger partial charge is 0.135 e. The van der Waals surface area contributed by atoms with Gasteiger partial charge < -0.3 is 0 Å². The fourth-order valence-corrected chi connectivity index (χ4v) is 26.9. The van der Waals surface area contributed by atoms with E-state index >= 15 is 0 Å². The summed E-state index contributed by atoms with van der Waals surface area (Å²) in [5.74, 6) is 0. The third kappa shape index (κ3) is 14.5. The van der Waals surface area contributed by atoms with Gasteiger partial charge in [0.1, 0.15) is 0 Å². The molecule has 0 amide bonds. The second kappa shape index (κ2) is 35.8. The Morgan fingerprint density at radius 1 is 0.0966 bits per heavy atom. The van der Waals surface area contributed by atoms with Crippen molar-refractivity contribution in [2.45, 2.75) is 0 Å². The van der Waals surface area contributed by atoms with Crippen molar-refractivity contribution in [1.82, 2.24) is 0 Å². The summed E-state index contributed by atoms with van der Waals surface area (Å²) in [5.41, 5.74) is 27.8. The van der Waals surface area contributed by atoms with Gasteiger partial charge in [-0.1, -0.05) is 491 Å².